The summed E-state index contributed by atoms with van der Waals surface area (Å²) in [6, 6.07) is 10.3. The minimum atomic E-state index is -3.60. The molecule has 2 rings (SSSR count). The molecule has 0 unspecified atom stereocenters. The lowest BCUT2D eigenvalue weighted by Crippen LogP contribution is -2.15. The summed E-state index contributed by atoms with van der Waals surface area (Å²) in [7, 11) is -3.60. The second-order valence-electron chi connectivity index (χ2n) is 4.95. The van der Waals surface area contributed by atoms with Crippen molar-refractivity contribution in [3.63, 3.8) is 0 Å². The minimum Gasteiger partial charge on any atom is -0.399 e. The van der Waals surface area contributed by atoms with Crippen LogP contribution in [0, 0.1) is 20.8 Å². The van der Waals surface area contributed by atoms with Gasteiger partial charge in [-0.3, -0.25) is 4.72 Å². The molecule has 0 saturated carbocycles. The molecule has 106 valence electrons. The zero-order chi connectivity index (χ0) is 14.9. The lowest BCUT2D eigenvalue weighted by Gasteiger charge is -2.13. The Morgan fingerprint density at radius 1 is 0.950 bits per heavy atom. The van der Waals surface area contributed by atoms with Gasteiger partial charge in [-0.1, -0.05) is 17.7 Å². The molecular formula is C15H18N2O2S. The number of nitrogens with two attached hydrogens (primary N) is 1. The number of anilines is 2. The van der Waals surface area contributed by atoms with Crippen LogP contribution >= 0.6 is 0 Å². The van der Waals surface area contributed by atoms with Crippen LogP contribution < -0.4 is 10.5 Å². The molecule has 0 bridgehead atoms. The van der Waals surface area contributed by atoms with Gasteiger partial charge in [-0.05, 0) is 56.2 Å². The molecule has 4 nitrogen and oxygen atoms in total. The van der Waals surface area contributed by atoms with Crippen LogP contribution in [0.3, 0.4) is 0 Å². The zero-order valence-corrected chi connectivity index (χ0v) is 12.6. The van der Waals surface area contributed by atoms with Gasteiger partial charge in [0.15, 0.2) is 0 Å². The maximum Gasteiger partial charge on any atom is 0.262 e. The number of nitrogens with one attached hydrogen (secondary N) is 1. The molecule has 0 spiro atoms. The molecule has 2 aromatic carbocycles. The first-order valence-corrected chi connectivity index (χ1v) is 7.74. The Balaban J connectivity index is 2.41. The van der Waals surface area contributed by atoms with Crippen LogP contribution in [0.4, 0.5) is 11.4 Å². The third kappa shape index (κ3) is 2.93. The molecule has 0 atom stereocenters. The Hall–Kier alpha value is -2.01. The van der Waals surface area contributed by atoms with Crippen molar-refractivity contribution < 1.29 is 8.42 Å². The molecule has 0 heterocycles. The van der Waals surface area contributed by atoms with Gasteiger partial charge in [-0.15, -0.1) is 0 Å². The number of hydrogen-bond acceptors (Lipinski definition) is 3. The van der Waals surface area contributed by atoms with Gasteiger partial charge in [0.05, 0.1) is 10.6 Å². The monoisotopic (exact) mass is 290 g/mol. The van der Waals surface area contributed by atoms with Crippen molar-refractivity contribution in [3.05, 3.63) is 53.1 Å². The van der Waals surface area contributed by atoms with Gasteiger partial charge in [0.2, 0.25) is 0 Å². The van der Waals surface area contributed by atoms with E-state index in [-0.39, 0.29) is 4.90 Å². The molecule has 0 saturated heterocycles. The number of sulfonamides is 1. The van der Waals surface area contributed by atoms with Crippen LogP contribution in [0.5, 0.6) is 0 Å². The fraction of sp³-hybridized carbons (Fsp3) is 0.200. The van der Waals surface area contributed by atoms with Crippen molar-refractivity contribution in [2.45, 2.75) is 25.7 Å². The van der Waals surface area contributed by atoms with Gasteiger partial charge in [0.1, 0.15) is 0 Å². The van der Waals surface area contributed by atoms with Gasteiger partial charge in [-0.25, -0.2) is 8.42 Å². The Bertz CT molecular complexity index is 752. The van der Waals surface area contributed by atoms with Crippen molar-refractivity contribution in [2.75, 3.05) is 10.5 Å². The molecule has 3 N–H and O–H groups in total. The van der Waals surface area contributed by atoms with Crippen LogP contribution in [0.2, 0.25) is 0 Å². The van der Waals surface area contributed by atoms with Crippen LogP contribution in [-0.4, -0.2) is 8.42 Å². The topological polar surface area (TPSA) is 72.2 Å². The summed E-state index contributed by atoms with van der Waals surface area (Å²) < 4.78 is 27.5. The maximum atomic E-state index is 12.4. The van der Waals surface area contributed by atoms with Crippen LogP contribution in [0.1, 0.15) is 16.7 Å². The molecule has 0 aliphatic rings. The van der Waals surface area contributed by atoms with Crippen LogP contribution in [0.25, 0.3) is 0 Å². The fourth-order valence-corrected chi connectivity index (χ4v) is 3.46. The van der Waals surface area contributed by atoms with Gasteiger partial charge >= 0.3 is 0 Å². The van der Waals surface area contributed by atoms with Gasteiger partial charge in [0.25, 0.3) is 10.0 Å². The van der Waals surface area contributed by atoms with Crippen LogP contribution in [-0.2, 0) is 10.0 Å². The van der Waals surface area contributed by atoms with Gasteiger partial charge in [-0.2, -0.15) is 0 Å². The summed E-state index contributed by atoms with van der Waals surface area (Å²) in [5.41, 5.74) is 9.40. The van der Waals surface area contributed by atoms with E-state index in [1.165, 1.54) is 6.07 Å². The van der Waals surface area contributed by atoms with Crippen molar-refractivity contribution in [1.29, 1.82) is 0 Å². The predicted molar refractivity (Wildman–Crippen MR) is 82.3 cm³/mol. The van der Waals surface area contributed by atoms with E-state index >= 15 is 0 Å². The number of rotatable bonds is 3. The number of aryl methyl sites for hydroxylation is 3. The summed E-state index contributed by atoms with van der Waals surface area (Å²) in [6.45, 7) is 5.57. The Kier molecular flexibility index (Phi) is 3.72. The number of benzene rings is 2. The Morgan fingerprint density at radius 2 is 1.65 bits per heavy atom. The normalized spacial score (nSPS) is 11.3. The standard InChI is InChI=1S/C15H18N2O2S/c1-10-4-6-14(11(2)8-10)17-20(18,19)15-7-5-13(16)9-12(15)3/h4-9,17H,16H2,1-3H3. The van der Waals surface area contributed by atoms with Gasteiger partial charge in [0, 0.05) is 5.69 Å². The van der Waals surface area contributed by atoms with Crippen molar-refractivity contribution >= 4 is 21.4 Å². The second-order valence-corrected chi connectivity index (χ2v) is 6.60. The maximum absolute atomic E-state index is 12.4. The lowest BCUT2D eigenvalue weighted by molar-refractivity contribution is 0.600. The first kappa shape index (κ1) is 14.4. The minimum absolute atomic E-state index is 0.242. The summed E-state index contributed by atoms with van der Waals surface area (Å²) >= 11 is 0. The highest BCUT2D eigenvalue weighted by molar-refractivity contribution is 7.92. The molecule has 0 aliphatic carbocycles. The van der Waals surface area contributed by atoms with E-state index in [2.05, 4.69) is 4.72 Å². The van der Waals surface area contributed by atoms with Crippen molar-refractivity contribution in [3.8, 4) is 0 Å². The van der Waals surface area contributed by atoms with Crippen molar-refractivity contribution in [1.82, 2.24) is 0 Å². The molecular weight excluding hydrogens is 272 g/mol. The molecule has 0 fully saturated rings. The summed E-state index contributed by atoms with van der Waals surface area (Å²) in [5, 5.41) is 0. The molecule has 0 amide bonds. The molecule has 0 aliphatic heterocycles. The van der Waals surface area contributed by atoms with E-state index in [0.29, 0.717) is 16.9 Å². The molecule has 20 heavy (non-hydrogen) atoms. The number of nitrogen functional groups attached to an aromatic ring is 1. The Morgan fingerprint density at radius 3 is 2.25 bits per heavy atom. The fourth-order valence-electron chi connectivity index (χ4n) is 2.10. The smallest absolute Gasteiger partial charge is 0.262 e. The largest absolute Gasteiger partial charge is 0.399 e. The van der Waals surface area contributed by atoms with E-state index in [9.17, 15) is 8.42 Å². The SMILES string of the molecule is Cc1ccc(NS(=O)(=O)c2ccc(N)cc2C)c(C)c1. The highest BCUT2D eigenvalue weighted by atomic mass is 32.2. The summed E-state index contributed by atoms with van der Waals surface area (Å²) in [4.78, 5) is 0.242. The van der Waals surface area contributed by atoms with Crippen LogP contribution in [0.15, 0.2) is 41.3 Å². The molecule has 0 aromatic heterocycles. The first-order chi connectivity index (χ1) is 9.29. The Labute approximate surface area is 119 Å². The highest BCUT2D eigenvalue weighted by Gasteiger charge is 2.17. The van der Waals surface area contributed by atoms with E-state index in [0.717, 1.165) is 11.1 Å². The van der Waals surface area contributed by atoms with E-state index in [4.69, 9.17) is 5.73 Å². The highest BCUT2D eigenvalue weighted by Crippen LogP contribution is 2.23. The van der Waals surface area contributed by atoms with E-state index in [1.807, 2.05) is 26.0 Å². The van der Waals surface area contributed by atoms with Gasteiger partial charge < -0.3 is 5.73 Å². The average Bonchev–Trinajstić information content (AvgIpc) is 2.32. The summed E-state index contributed by atoms with van der Waals surface area (Å²) in [5.74, 6) is 0. The molecule has 0 radical (unpaired) electrons. The second kappa shape index (κ2) is 5.17. The van der Waals surface area contributed by atoms with E-state index < -0.39 is 10.0 Å². The predicted octanol–water partition coefficient (Wildman–Crippen LogP) is 2.99. The quantitative estimate of drug-likeness (QED) is 0.854. The first-order valence-electron chi connectivity index (χ1n) is 6.26. The third-order valence-corrected chi connectivity index (χ3v) is 4.64. The molecule has 2 aromatic rings. The summed E-state index contributed by atoms with van der Waals surface area (Å²) in [6.07, 6.45) is 0. The molecule has 5 heteroatoms. The number of hydrogen-bond donors (Lipinski definition) is 2. The van der Waals surface area contributed by atoms with E-state index in [1.54, 1.807) is 25.1 Å². The van der Waals surface area contributed by atoms with Crippen molar-refractivity contribution in [2.24, 2.45) is 0 Å². The third-order valence-electron chi connectivity index (χ3n) is 3.11. The zero-order valence-electron chi connectivity index (χ0n) is 11.8. The lowest BCUT2D eigenvalue weighted by atomic mass is 10.1. The average molecular weight is 290 g/mol.